The summed E-state index contributed by atoms with van der Waals surface area (Å²) in [6, 6.07) is 0. The lowest BCUT2D eigenvalue weighted by Crippen LogP contribution is -2.30. The van der Waals surface area contributed by atoms with Crippen LogP contribution in [-0.2, 0) is 9.36 Å². The first-order valence-electron chi connectivity index (χ1n) is 5.68. The minimum Gasteiger partial charge on any atom is -0.481 e. The van der Waals surface area contributed by atoms with Crippen molar-refractivity contribution < 1.29 is 14.5 Å². The molecule has 3 nitrogen and oxygen atoms in total. The topological polar surface area (TPSA) is 54.4 Å². The van der Waals surface area contributed by atoms with E-state index >= 15 is 0 Å². The standard InChI is InChI=1S/C12H23O3P/c1-11(2,3)8-12(4,5)9(16-15)6-7-10(13)14/h9H,6-8H2,1-5H3,(H,13,14)/p+1/t9-/m0/s1. The number of carboxylic acid groups (broad SMARTS) is 1. The summed E-state index contributed by atoms with van der Waals surface area (Å²) in [6.45, 7) is 10.6. The van der Waals surface area contributed by atoms with Crippen molar-refractivity contribution >= 4 is 14.4 Å². The Hall–Kier alpha value is -0.430. The van der Waals surface area contributed by atoms with E-state index in [-0.39, 0.29) is 22.9 Å². The molecule has 16 heavy (non-hydrogen) atoms. The molecule has 0 aromatic rings. The first-order valence-corrected chi connectivity index (χ1v) is 6.66. The number of carbonyl (C=O) groups is 1. The van der Waals surface area contributed by atoms with Gasteiger partial charge < -0.3 is 5.11 Å². The molecule has 0 bridgehead atoms. The van der Waals surface area contributed by atoms with E-state index < -0.39 is 14.4 Å². The highest BCUT2D eigenvalue weighted by Gasteiger charge is 2.38. The van der Waals surface area contributed by atoms with Crippen molar-refractivity contribution in [3.05, 3.63) is 0 Å². The van der Waals surface area contributed by atoms with Crippen LogP contribution in [0.4, 0.5) is 0 Å². The lowest BCUT2D eigenvalue weighted by molar-refractivity contribution is -0.137. The van der Waals surface area contributed by atoms with Crippen LogP contribution in [-0.4, -0.2) is 16.7 Å². The third kappa shape index (κ3) is 6.22. The van der Waals surface area contributed by atoms with Gasteiger partial charge >= 0.3 is 14.4 Å². The number of rotatable bonds is 6. The third-order valence-corrected chi connectivity index (χ3v) is 4.07. The second-order valence-electron chi connectivity index (χ2n) is 6.33. The molecule has 0 radical (unpaired) electrons. The maximum Gasteiger partial charge on any atom is 0.328 e. The van der Waals surface area contributed by atoms with Crippen LogP contribution in [0.2, 0.25) is 0 Å². The third-order valence-electron chi connectivity index (χ3n) is 2.72. The molecule has 0 amide bonds. The molecule has 0 aromatic heterocycles. The van der Waals surface area contributed by atoms with E-state index in [1.54, 1.807) is 0 Å². The monoisotopic (exact) mass is 247 g/mol. The van der Waals surface area contributed by atoms with Gasteiger partial charge in [-0.2, -0.15) is 0 Å². The average molecular weight is 247 g/mol. The quantitative estimate of drug-likeness (QED) is 0.728. The van der Waals surface area contributed by atoms with E-state index in [9.17, 15) is 9.36 Å². The molecule has 0 rings (SSSR count). The van der Waals surface area contributed by atoms with Crippen molar-refractivity contribution in [2.75, 3.05) is 0 Å². The Morgan fingerprint density at radius 2 is 1.75 bits per heavy atom. The maximum atomic E-state index is 11.2. The van der Waals surface area contributed by atoms with Gasteiger partial charge in [0.15, 0.2) is 5.66 Å². The van der Waals surface area contributed by atoms with Crippen LogP contribution in [0, 0.1) is 10.8 Å². The fourth-order valence-corrected chi connectivity index (χ4v) is 3.05. The molecule has 94 valence electrons. The summed E-state index contributed by atoms with van der Waals surface area (Å²) >= 11 is 0. The number of hydrogen-bond acceptors (Lipinski definition) is 2. The van der Waals surface area contributed by atoms with E-state index in [1.807, 2.05) is 0 Å². The molecule has 0 saturated carbocycles. The summed E-state index contributed by atoms with van der Waals surface area (Å²) in [4.78, 5) is 10.5. The van der Waals surface area contributed by atoms with Gasteiger partial charge in [0.2, 0.25) is 0 Å². The molecule has 0 heterocycles. The van der Waals surface area contributed by atoms with Gasteiger partial charge in [-0.3, -0.25) is 4.79 Å². The van der Waals surface area contributed by atoms with Crippen LogP contribution >= 0.6 is 8.46 Å². The van der Waals surface area contributed by atoms with Crippen molar-refractivity contribution in [3.8, 4) is 0 Å². The van der Waals surface area contributed by atoms with Crippen molar-refractivity contribution in [1.82, 2.24) is 0 Å². The fourth-order valence-electron chi connectivity index (χ4n) is 2.37. The van der Waals surface area contributed by atoms with Crippen molar-refractivity contribution in [3.63, 3.8) is 0 Å². The van der Waals surface area contributed by atoms with Crippen molar-refractivity contribution in [1.29, 1.82) is 0 Å². The van der Waals surface area contributed by atoms with Crippen molar-refractivity contribution in [2.45, 2.75) is 59.5 Å². The molecular formula is C12H24O3P+. The van der Waals surface area contributed by atoms with Gasteiger partial charge in [0, 0.05) is 18.3 Å². The number of aliphatic carboxylic acids is 1. The highest BCUT2D eigenvalue weighted by Crippen LogP contribution is 2.42. The van der Waals surface area contributed by atoms with Crippen LogP contribution in [0.1, 0.15) is 53.9 Å². The van der Waals surface area contributed by atoms with E-state index in [0.29, 0.717) is 6.42 Å². The predicted molar refractivity (Wildman–Crippen MR) is 67.5 cm³/mol. The second-order valence-corrected chi connectivity index (χ2v) is 7.26. The molecule has 4 heteroatoms. The maximum absolute atomic E-state index is 11.2. The summed E-state index contributed by atoms with van der Waals surface area (Å²) in [5.74, 6) is -0.810. The molecular weight excluding hydrogens is 223 g/mol. The van der Waals surface area contributed by atoms with Gasteiger partial charge in [0.25, 0.3) is 0 Å². The number of hydrogen-bond donors (Lipinski definition) is 1. The van der Waals surface area contributed by atoms with E-state index in [2.05, 4.69) is 34.6 Å². The zero-order valence-electron chi connectivity index (χ0n) is 11.0. The molecule has 0 fully saturated rings. The summed E-state index contributed by atoms with van der Waals surface area (Å²) in [6.07, 6.45) is 1.55. The van der Waals surface area contributed by atoms with E-state index in [0.717, 1.165) is 6.42 Å². The smallest absolute Gasteiger partial charge is 0.328 e. The van der Waals surface area contributed by atoms with Crippen LogP contribution in [0.15, 0.2) is 0 Å². The van der Waals surface area contributed by atoms with Gasteiger partial charge in [0.1, 0.15) is 0 Å². The Morgan fingerprint density at radius 3 is 2.06 bits per heavy atom. The van der Waals surface area contributed by atoms with Gasteiger partial charge in [-0.1, -0.05) is 39.2 Å². The molecule has 1 N–H and O–H groups in total. The Kier molecular flexibility index (Phi) is 5.61. The Balaban J connectivity index is 4.54. The highest BCUT2D eigenvalue weighted by atomic mass is 31.1. The second kappa shape index (κ2) is 5.77. The molecule has 0 aliphatic carbocycles. The summed E-state index contributed by atoms with van der Waals surface area (Å²) < 4.78 is 11.2. The Bertz CT molecular complexity index is 253. The lowest BCUT2D eigenvalue weighted by Gasteiger charge is -2.33. The van der Waals surface area contributed by atoms with Gasteiger partial charge in [0.05, 0.1) is 0 Å². The molecule has 1 unspecified atom stereocenters. The summed E-state index contributed by atoms with van der Waals surface area (Å²) in [5, 5.41) is 8.66. The largest absolute Gasteiger partial charge is 0.481 e. The summed E-state index contributed by atoms with van der Waals surface area (Å²) in [7, 11) is -0.428. The van der Waals surface area contributed by atoms with E-state index in [1.165, 1.54) is 0 Å². The van der Waals surface area contributed by atoms with Gasteiger partial charge in [-0.25, -0.2) is 0 Å². The zero-order valence-corrected chi connectivity index (χ0v) is 12.0. The van der Waals surface area contributed by atoms with Crippen molar-refractivity contribution in [2.24, 2.45) is 10.8 Å². The SMILES string of the molecule is CC(C)(C)CC(C)(C)[C@H](CCC(=O)O)[PH+]=O. The minimum atomic E-state index is -0.810. The lowest BCUT2D eigenvalue weighted by atomic mass is 9.73. The van der Waals surface area contributed by atoms with E-state index in [4.69, 9.17) is 5.11 Å². The van der Waals surface area contributed by atoms with Crippen LogP contribution in [0.3, 0.4) is 0 Å². The van der Waals surface area contributed by atoms with Crippen LogP contribution in [0.5, 0.6) is 0 Å². The summed E-state index contributed by atoms with van der Waals surface area (Å²) in [5.41, 5.74) is 0.0706. The van der Waals surface area contributed by atoms with Gasteiger partial charge in [-0.05, 0) is 11.8 Å². The normalized spacial score (nSPS) is 15.1. The van der Waals surface area contributed by atoms with Crippen LogP contribution in [0.25, 0.3) is 0 Å². The molecule has 0 aliphatic heterocycles. The van der Waals surface area contributed by atoms with Crippen LogP contribution < -0.4 is 0 Å². The molecule has 2 atom stereocenters. The minimum absolute atomic E-state index is 0.0252. The fraction of sp³-hybridized carbons (Fsp3) is 0.917. The Labute approximate surface area is 99.8 Å². The molecule has 0 aliphatic rings. The molecule has 0 aromatic carbocycles. The predicted octanol–water partition coefficient (Wildman–Crippen LogP) is 3.71. The average Bonchev–Trinajstić information content (AvgIpc) is 1.98. The zero-order chi connectivity index (χ0) is 13.0. The first kappa shape index (κ1) is 15.6. The first-order chi connectivity index (χ1) is 7.08. The molecule has 0 saturated heterocycles. The Morgan fingerprint density at radius 1 is 1.25 bits per heavy atom. The highest BCUT2D eigenvalue weighted by molar-refractivity contribution is 7.24. The molecule has 0 spiro atoms. The van der Waals surface area contributed by atoms with Gasteiger partial charge in [-0.15, -0.1) is 0 Å². The number of carboxylic acids is 1.